The second-order valence-electron chi connectivity index (χ2n) is 5.48. The molecule has 0 radical (unpaired) electrons. The third-order valence-corrected chi connectivity index (χ3v) is 4.46. The lowest BCUT2D eigenvalue weighted by atomic mass is 9.74. The second-order valence-corrected chi connectivity index (χ2v) is 5.48. The molecule has 1 nitrogen and oxygen atoms in total. The van der Waals surface area contributed by atoms with Crippen LogP contribution in [0.3, 0.4) is 0 Å². The van der Waals surface area contributed by atoms with Gasteiger partial charge in [-0.3, -0.25) is 0 Å². The summed E-state index contributed by atoms with van der Waals surface area (Å²) in [6, 6.07) is 18.2. The van der Waals surface area contributed by atoms with Crippen molar-refractivity contribution in [1.29, 1.82) is 0 Å². The minimum atomic E-state index is 0.518. The molecule has 1 aliphatic carbocycles. The van der Waals surface area contributed by atoms with E-state index in [2.05, 4.69) is 53.8 Å². The summed E-state index contributed by atoms with van der Waals surface area (Å²) in [5.74, 6) is 0.759. The number of benzene rings is 2. The van der Waals surface area contributed by atoms with E-state index in [1.807, 2.05) is 0 Å². The molecule has 1 aliphatic heterocycles. The molecule has 18 heavy (non-hydrogen) atoms. The Morgan fingerprint density at radius 2 is 1.67 bits per heavy atom. The van der Waals surface area contributed by atoms with Gasteiger partial charge in [0.05, 0.1) is 6.04 Å². The predicted octanol–water partition coefficient (Wildman–Crippen LogP) is 3.96. The standard InChI is InChI=1S/C17H17N/c1-3-7-15-12(5-1)9-10-14-11-13-6-2-4-8-16(13)18-17(14)15/h1-8,14,17-18H,9-11H2. The first-order chi connectivity index (χ1) is 8.92. The molecule has 0 saturated carbocycles. The number of nitrogens with one attached hydrogen (secondary N) is 1. The highest BCUT2D eigenvalue weighted by Gasteiger charge is 2.33. The van der Waals surface area contributed by atoms with Gasteiger partial charge in [-0.15, -0.1) is 0 Å². The minimum Gasteiger partial charge on any atom is -0.378 e. The maximum atomic E-state index is 3.76. The number of aryl methyl sites for hydroxylation is 1. The van der Waals surface area contributed by atoms with E-state index in [0.29, 0.717) is 6.04 Å². The Kier molecular flexibility index (Phi) is 2.19. The molecule has 0 fully saturated rings. The molecule has 0 bridgehead atoms. The lowest BCUT2D eigenvalue weighted by molar-refractivity contribution is 0.385. The smallest absolute Gasteiger partial charge is 0.0548 e. The summed E-state index contributed by atoms with van der Waals surface area (Å²) in [5, 5.41) is 3.76. The van der Waals surface area contributed by atoms with E-state index in [1.165, 1.54) is 41.6 Å². The molecule has 1 N–H and O–H groups in total. The van der Waals surface area contributed by atoms with Crippen molar-refractivity contribution in [3.8, 4) is 0 Å². The van der Waals surface area contributed by atoms with Crippen molar-refractivity contribution in [3.05, 3.63) is 65.2 Å². The number of anilines is 1. The van der Waals surface area contributed by atoms with Crippen molar-refractivity contribution in [1.82, 2.24) is 0 Å². The SMILES string of the molecule is c1ccc2c(c1)CC1CCc3ccccc3C1N2. The summed E-state index contributed by atoms with van der Waals surface area (Å²) in [6.45, 7) is 0. The molecule has 4 rings (SSSR count). The van der Waals surface area contributed by atoms with Gasteiger partial charge >= 0.3 is 0 Å². The van der Waals surface area contributed by atoms with Crippen LogP contribution in [-0.4, -0.2) is 0 Å². The lowest BCUT2D eigenvalue weighted by Gasteiger charge is -2.39. The van der Waals surface area contributed by atoms with Crippen molar-refractivity contribution >= 4 is 5.69 Å². The van der Waals surface area contributed by atoms with E-state index in [0.717, 1.165) is 5.92 Å². The van der Waals surface area contributed by atoms with Crippen molar-refractivity contribution in [2.24, 2.45) is 5.92 Å². The molecule has 2 aromatic carbocycles. The van der Waals surface area contributed by atoms with Gasteiger partial charge in [-0.1, -0.05) is 42.5 Å². The number of fused-ring (bicyclic) bond motifs is 4. The second kappa shape index (κ2) is 3.88. The molecule has 0 saturated heterocycles. The quantitative estimate of drug-likeness (QED) is 0.729. The highest BCUT2D eigenvalue weighted by molar-refractivity contribution is 5.56. The summed E-state index contributed by atoms with van der Waals surface area (Å²) in [6.07, 6.45) is 3.77. The first-order valence-corrected chi connectivity index (χ1v) is 6.84. The lowest BCUT2D eigenvalue weighted by Crippen LogP contribution is -2.32. The van der Waals surface area contributed by atoms with Crippen LogP contribution in [-0.2, 0) is 12.8 Å². The normalized spacial score (nSPS) is 24.4. The summed E-state index contributed by atoms with van der Waals surface area (Å²) in [5.41, 5.74) is 5.86. The van der Waals surface area contributed by atoms with Gasteiger partial charge in [0.1, 0.15) is 0 Å². The maximum Gasteiger partial charge on any atom is 0.0548 e. The Balaban J connectivity index is 1.79. The van der Waals surface area contributed by atoms with Crippen molar-refractivity contribution < 1.29 is 0 Å². The van der Waals surface area contributed by atoms with Crippen LogP contribution in [0.5, 0.6) is 0 Å². The van der Waals surface area contributed by atoms with E-state index in [9.17, 15) is 0 Å². The zero-order valence-electron chi connectivity index (χ0n) is 10.4. The predicted molar refractivity (Wildman–Crippen MR) is 74.8 cm³/mol. The van der Waals surface area contributed by atoms with Gasteiger partial charge in [0.25, 0.3) is 0 Å². The van der Waals surface area contributed by atoms with Crippen LogP contribution < -0.4 is 5.32 Å². The van der Waals surface area contributed by atoms with Gasteiger partial charge in [0.2, 0.25) is 0 Å². The van der Waals surface area contributed by atoms with Gasteiger partial charge in [0, 0.05) is 5.69 Å². The Bertz CT molecular complexity index is 588. The van der Waals surface area contributed by atoms with Crippen LogP contribution in [0.2, 0.25) is 0 Å². The monoisotopic (exact) mass is 235 g/mol. The molecule has 0 amide bonds. The summed E-state index contributed by atoms with van der Waals surface area (Å²) < 4.78 is 0. The van der Waals surface area contributed by atoms with Crippen molar-refractivity contribution in [3.63, 3.8) is 0 Å². The zero-order valence-corrected chi connectivity index (χ0v) is 10.4. The molecule has 1 heteroatoms. The molecule has 2 aromatic rings. The van der Waals surface area contributed by atoms with Crippen LogP contribution in [0.15, 0.2) is 48.5 Å². The molecule has 0 spiro atoms. The Labute approximate surface area is 108 Å². The van der Waals surface area contributed by atoms with E-state index in [1.54, 1.807) is 0 Å². The third kappa shape index (κ3) is 1.47. The van der Waals surface area contributed by atoms with E-state index in [4.69, 9.17) is 0 Å². The van der Waals surface area contributed by atoms with Gasteiger partial charge < -0.3 is 5.32 Å². The fourth-order valence-electron chi connectivity index (χ4n) is 3.53. The molecule has 2 unspecified atom stereocenters. The Hall–Kier alpha value is -1.76. The Morgan fingerprint density at radius 3 is 2.61 bits per heavy atom. The fourth-order valence-corrected chi connectivity index (χ4v) is 3.53. The van der Waals surface area contributed by atoms with Crippen LogP contribution in [0.4, 0.5) is 5.69 Å². The van der Waals surface area contributed by atoms with Gasteiger partial charge in [0.15, 0.2) is 0 Å². The molecule has 2 atom stereocenters. The topological polar surface area (TPSA) is 12.0 Å². The first-order valence-electron chi connectivity index (χ1n) is 6.84. The molecule has 2 aliphatic rings. The van der Waals surface area contributed by atoms with Gasteiger partial charge in [-0.25, -0.2) is 0 Å². The average molecular weight is 235 g/mol. The van der Waals surface area contributed by atoms with Crippen LogP contribution in [0.25, 0.3) is 0 Å². The van der Waals surface area contributed by atoms with E-state index >= 15 is 0 Å². The minimum absolute atomic E-state index is 0.518. The highest BCUT2D eigenvalue weighted by atomic mass is 14.9. The fraction of sp³-hybridized carbons (Fsp3) is 0.294. The number of para-hydroxylation sites is 1. The zero-order chi connectivity index (χ0) is 11.9. The summed E-state index contributed by atoms with van der Waals surface area (Å²) in [7, 11) is 0. The third-order valence-electron chi connectivity index (χ3n) is 4.46. The average Bonchev–Trinajstić information content (AvgIpc) is 2.45. The summed E-state index contributed by atoms with van der Waals surface area (Å²) in [4.78, 5) is 0. The largest absolute Gasteiger partial charge is 0.378 e. The maximum absolute atomic E-state index is 3.76. The molecular formula is C17H17N. The summed E-state index contributed by atoms with van der Waals surface area (Å²) >= 11 is 0. The molecule has 1 heterocycles. The molecular weight excluding hydrogens is 218 g/mol. The number of rotatable bonds is 0. The van der Waals surface area contributed by atoms with E-state index in [-0.39, 0.29) is 0 Å². The number of hydrogen-bond acceptors (Lipinski definition) is 1. The van der Waals surface area contributed by atoms with Crippen LogP contribution >= 0.6 is 0 Å². The Morgan fingerprint density at radius 1 is 0.889 bits per heavy atom. The molecule has 0 aromatic heterocycles. The highest BCUT2D eigenvalue weighted by Crippen LogP contribution is 2.42. The van der Waals surface area contributed by atoms with Crippen molar-refractivity contribution in [2.75, 3.05) is 5.32 Å². The van der Waals surface area contributed by atoms with Crippen LogP contribution in [0, 0.1) is 5.92 Å². The number of hydrogen-bond donors (Lipinski definition) is 1. The van der Waals surface area contributed by atoms with E-state index < -0.39 is 0 Å². The van der Waals surface area contributed by atoms with Crippen LogP contribution in [0.1, 0.15) is 29.2 Å². The van der Waals surface area contributed by atoms with Gasteiger partial charge in [-0.2, -0.15) is 0 Å². The van der Waals surface area contributed by atoms with Crippen molar-refractivity contribution in [2.45, 2.75) is 25.3 Å². The molecule has 90 valence electrons. The van der Waals surface area contributed by atoms with Gasteiger partial charge in [-0.05, 0) is 47.9 Å². The first kappa shape index (κ1) is 10.2.